The molecule has 0 saturated carbocycles. The first-order valence-corrected chi connectivity index (χ1v) is 3.21. The van der Waals surface area contributed by atoms with E-state index in [0.717, 1.165) is 0 Å². The molecule has 0 aliphatic heterocycles. The van der Waals surface area contributed by atoms with Crippen molar-refractivity contribution in [3.63, 3.8) is 0 Å². The number of aliphatic carboxylic acids is 1. The normalized spacial score (nSPS) is 10.9. The Balaban J connectivity index is 4.32. The van der Waals surface area contributed by atoms with Crippen LogP contribution in [0, 0.1) is 20.2 Å². The number of nitrogens with one attached hydrogen (secondary N) is 1. The van der Waals surface area contributed by atoms with Crippen molar-refractivity contribution < 1.29 is 24.1 Å². The van der Waals surface area contributed by atoms with Crippen molar-refractivity contribution in [2.24, 2.45) is 0 Å². The molecule has 0 unspecified atom stereocenters. The summed E-state index contributed by atoms with van der Waals surface area (Å²) in [5.74, 6) is -5.30. The number of carboxylic acid groups (broad SMARTS) is 1. The predicted octanol–water partition coefficient (Wildman–Crippen LogP) is -1.16. The fraction of sp³-hybridized carbons (Fsp3) is 0.750. The topological polar surface area (TPSA) is 136 Å². The Hall–Kier alpha value is -1.84. The summed E-state index contributed by atoms with van der Waals surface area (Å²) in [6, 6.07) is 0. The number of carbonyl (C=O) groups is 1. The van der Waals surface area contributed by atoms with Crippen LogP contribution >= 0.6 is 0 Å². The molecular formula is C4H6FN3O6. The first kappa shape index (κ1) is 12.2. The number of carboxylic acids is 1. The van der Waals surface area contributed by atoms with Gasteiger partial charge in [0, 0.05) is 0 Å². The van der Waals surface area contributed by atoms with Gasteiger partial charge in [-0.25, -0.2) is 0 Å². The Morgan fingerprint density at radius 3 is 2.14 bits per heavy atom. The fourth-order valence-corrected chi connectivity index (χ4v) is 0.524. The monoisotopic (exact) mass is 211 g/mol. The van der Waals surface area contributed by atoms with Crippen molar-refractivity contribution in [1.29, 1.82) is 0 Å². The van der Waals surface area contributed by atoms with Crippen LogP contribution in [0.15, 0.2) is 0 Å². The van der Waals surface area contributed by atoms with Gasteiger partial charge in [0.1, 0.15) is 9.85 Å². The molecule has 2 N–H and O–H groups in total. The number of rotatable bonds is 6. The molecule has 10 heteroatoms. The van der Waals surface area contributed by atoms with E-state index in [1.807, 2.05) is 0 Å². The van der Waals surface area contributed by atoms with Crippen molar-refractivity contribution in [1.82, 2.24) is 5.32 Å². The van der Waals surface area contributed by atoms with Gasteiger partial charge in [-0.1, -0.05) is 4.39 Å². The highest BCUT2D eigenvalue weighted by atomic mass is 19.2. The van der Waals surface area contributed by atoms with Crippen LogP contribution in [0.2, 0.25) is 0 Å². The molecule has 0 fully saturated rings. The lowest BCUT2D eigenvalue weighted by atomic mass is 10.4. The van der Waals surface area contributed by atoms with Crippen LogP contribution in [0.3, 0.4) is 0 Å². The lowest BCUT2D eigenvalue weighted by molar-refractivity contribution is -0.828. The molecule has 0 aromatic rings. The van der Waals surface area contributed by atoms with Crippen LogP contribution in [0.25, 0.3) is 0 Å². The lowest BCUT2D eigenvalue weighted by Crippen LogP contribution is -2.50. The first-order chi connectivity index (χ1) is 6.30. The molecule has 0 aromatic heterocycles. The molecule has 0 rings (SSSR count). The van der Waals surface area contributed by atoms with Gasteiger partial charge < -0.3 is 5.11 Å². The third-order valence-electron chi connectivity index (χ3n) is 1.19. The minimum absolute atomic E-state index is 0.798. The number of hydrogen-bond acceptors (Lipinski definition) is 6. The zero-order valence-electron chi connectivity index (χ0n) is 6.68. The molecule has 0 spiro atoms. The second kappa shape index (κ2) is 4.41. The van der Waals surface area contributed by atoms with E-state index in [9.17, 15) is 29.4 Å². The van der Waals surface area contributed by atoms with Gasteiger partial charge in [0.25, 0.3) is 0 Å². The molecule has 0 aromatic carbocycles. The Kier molecular flexibility index (Phi) is 3.83. The summed E-state index contributed by atoms with van der Waals surface area (Å²) < 4.78 is 12.8. The van der Waals surface area contributed by atoms with Gasteiger partial charge in [0.05, 0.1) is 6.54 Å². The standard InChI is InChI=1S/C4H6FN3O6/c5-4(7(11)12,8(13)14)2-6-1-3(9)10/h6H,1-2H2,(H,9,10). The van der Waals surface area contributed by atoms with E-state index in [1.165, 1.54) is 0 Å². The van der Waals surface area contributed by atoms with Crippen molar-refractivity contribution in [3.8, 4) is 0 Å². The van der Waals surface area contributed by atoms with E-state index in [-0.39, 0.29) is 0 Å². The zero-order valence-corrected chi connectivity index (χ0v) is 6.68. The highest BCUT2D eigenvalue weighted by Gasteiger charge is 2.57. The Morgan fingerprint density at radius 1 is 1.43 bits per heavy atom. The lowest BCUT2D eigenvalue weighted by Gasteiger charge is -2.07. The summed E-state index contributed by atoms with van der Waals surface area (Å²) in [6.07, 6.45) is 0. The van der Waals surface area contributed by atoms with Crippen LogP contribution < -0.4 is 5.32 Å². The average Bonchev–Trinajstić information content (AvgIpc) is 2.02. The second-order valence-electron chi connectivity index (χ2n) is 2.23. The van der Waals surface area contributed by atoms with Crippen molar-refractivity contribution in [2.45, 2.75) is 5.92 Å². The highest BCUT2D eigenvalue weighted by molar-refractivity contribution is 5.68. The third-order valence-corrected chi connectivity index (χ3v) is 1.19. The van der Waals surface area contributed by atoms with Gasteiger partial charge in [-0.2, -0.15) is 0 Å². The van der Waals surface area contributed by atoms with E-state index in [4.69, 9.17) is 5.11 Å². The number of hydrogen-bond donors (Lipinski definition) is 2. The van der Waals surface area contributed by atoms with E-state index in [2.05, 4.69) is 0 Å². The van der Waals surface area contributed by atoms with Gasteiger partial charge >= 0.3 is 11.9 Å². The van der Waals surface area contributed by atoms with Gasteiger partial charge in [0.15, 0.2) is 6.54 Å². The maximum Gasteiger partial charge on any atom is 0.626 e. The quantitative estimate of drug-likeness (QED) is 0.244. The Morgan fingerprint density at radius 2 is 1.86 bits per heavy atom. The van der Waals surface area contributed by atoms with Crippen molar-refractivity contribution in [3.05, 3.63) is 20.2 Å². The fourth-order valence-electron chi connectivity index (χ4n) is 0.524. The Bertz CT molecular complexity index is 254. The molecule has 0 bridgehead atoms. The number of alkyl halides is 1. The summed E-state index contributed by atoms with van der Waals surface area (Å²) in [5.41, 5.74) is 0. The van der Waals surface area contributed by atoms with Crippen LogP contribution in [-0.4, -0.2) is 39.9 Å². The minimum Gasteiger partial charge on any atom is -0.480 e. The summed E-state index contributed by atoms with van der Waals surface area (Å²) in [5, 5.41) is 29.7. The van der Waals surface area contributed by atoms with Gasteiger partial charge in [0.2, 0.25) is 0 Å². The van der Waals surface area contributed by atoms with Gasteiger partial charge in [-0.15, -0.1) is 0 Å². The summed E-state index contributed by atoms with van der Waals surface area (Å²) in [7, 11) is 0. The van der Waals surface area contributed by atoms with Crippen LogP contribution in [0.4, 0.5) is 4.39 Å². The average molecular weight is 211 g/mol. The summed E-state index contributed by atoms with van der Waals surface area (Å²) in [4.78, 5) is 26.3. The molecular weight excluding hydrogens is 205 g/mol. The minimum atomic E-state index is -3.89. The highest BCUT2D eigenvalue weighted by Crippen LogP contribution is 2.10. The molecule has 0 aliphatic rings. The maximum absolute atomic E-state index is 12.8. The first-order valence-electron chi connectivity index (χ1n) is 3.21. The molecule has 0 heterocycles. The van der Waals surface area contributed by atoms with E-state index < -0.39 is 34.8 Å². The van der Waals surface area contributed by atoms with E-state index in [1.54, 1.807) is 5.32 Å². The van der Waals surface area contributed by atoms with E-state index in [0.29, 0.717) is 0 Å². The molecule has 0 radical (unpaired) electrons. The molecule has 80 valence electrons. The third kappa shape index (κ3) is 2.90. The molecule has 14 heavy (non-hydrogen) atoms. The molecule has 0 aliphatic carbocycles. The van der Waals surface area contributed by atoms with Gasteiger partial charge in [-0.05, 0) is 0 Å². The van der Waals surface area contributed by atoms with Crippen LogP contribution in [0.5, 0.6) is 0 Å². The predicted molar refractivity (Wildman–Crippen MR) is 38.3 cm³/mol. The number of nitrogens with zero attached hydrogens (tertiary/aromatic N) is 2. The van der Waals surface area contributed by atoms with Crippen LogP contribution in [-0.2, 0) is 4.79 Å². The van der Waals surface area contributed by atoms with E-state index >= 15 is 0 Å². The molecule has 9 nitrogen and oxygen atoms in total. The van der Waals surface area contributed by atoms with Crippen molar-refractivity contribution >= 4 is 5.97 Å². The second-order valence-corrected chi connectivity index (χ2v) is 2.23. The maximum atomic E-state index is 12.8. The molecule has 0 atom stereocenters. The summed E-state index contributed by atoms with van der Waals surface area (Å²) >= 11 is 0. The largest absolute Gasteiger partial charge is 0.626 e. The number of nitro groups is 2. The summed E-state index contributed by atoms with van der Waals surface area (Å²) in [6.45, 7) is -2.10. The molecule has 0 amide bonds. The Labute approximate surface area is 75.8 Å². The van der Waals surface area contributed by atoms with Crippen molar-refractivity contribution in [2.75, 3.05) is 13.1 Å². The van der Waals surface area contributed by atoms with Gasteiger partial charge in [-0.3, -0.25) is 30.3 Å². The SMILES string of the molecule is O=C(O)CNCC(F)([N+](=O)[O-])[N+](=O)[O-]. The van der Waals surface area contributed by atoms with Crippen LogP contribution in [0.1, 0.15) is 0 Å². The molecule has 0 saturated heterocycles. The smallest absolute Gasteiger partial charge is 0.480 e. The number of halogens is 1. The zero-order chi connectivity index (χ0) is 11.4.